The molecule has 0 unspecified atom stereocenters. The van der Waals surface area contributed by atoms with Crippen molar-refractivity contribution in [1.82, 2.24) is 0 Å². The molecule has 0 fully saturated rings. The van der Waals surface area contributed by atoms with Crippen LogP contribution in [0, 0.1) is 12.3 Å². The lowest BCUT2D eigenvalue weighted by Crippen LogP contribution is -1.74. The van der Waals surface area contributed by atoms with E-state index < -0.39 is 0 Å². The summed E-state index contributed by atoms with van der Waals surface area (Å²) in [5, 5.41) is 2.12. The van der Waals surface area contributed by atoms with Crippen LogP contribution >= 0.6 is 0 Å². The van der Waals surface area contributed by atoms with Crippen molar-refractivity contribution in [3.05, 3.63) is 48.0 Å². The lowest BCUT2D eigenvalue weighted by Gasteiger charge is -1.92. The van der Waals surface area contributed by atoms with E-state index in [-0.39, 0.29) is 0 Å². The standard InChI is InChI=1S/C14H8O/c1-2-10-6-5-9-13-14(10)11-7-3-4-8-12(11)15-13/h1,3-9H. The molecule has 0 radical (unpaired) electrons. The van der Waals surface area contributed by atoms with Crippen LogP contribution in [-0.2, 0) is 0 Å². The van der Waals surface area contributed by atoms with Crippen molar-refractivity contribution in [3.63, 3.8) is 0 Å². The second-order valence-electron chi connectivity index (χ2n) is 3.42. The lowest BCUT2D eigenvalue weighted by molar-refractivity contribution is 0.669. The number of benzene rings is 2. The summed E-state index contributed by atoms with van der Waals surface area (Å²) in [7, 11) is 0. The highest BCUT2D eigenvalue weighted by Crippen LogP contribution is 2.30. The molecule has 0 spiro atoms. The Morgan fingerprint density at radius 3 is 2.60 bits per heavy atom. The van der Waals surface area contributed by atoms with Crippen LogP contribution in [0.2, 0.25) is 0 Å². The summed E-state index contributed by atoms with van der Waals surface area (Å²) in [6, 6.07) is 13.7. The molecule has 3 rings (SSSR count). The van der Waals surface area contributed by atoms with Gasteiger partial charge in [-0.3, -0.25) is 0 Å². The molecule has 2 aromatic carbocycles. The molecular formula is C14H8O. The van der Waals surface area contributed by atoms with Gasteiger partial charge < -0.3 is 4.42 Å². The Kier molecular flexibility index (Phi) is 1.57. The SMILES string of the molecule is C#Cc1cccc2oc3ccccc3c12. The summed E-state index contributed by atoms with van der Waals surface area (Å²) in [4.78, 5) is 0. The normalized spacial score (nSPS) is 10.6. The lowest BCUT2D eigenvalue weighted by atomic mass is 10.1. The van der Waals surface area contributed by atoms with Crippen LogP contribution in [0.5, 0.6) is 0 Å². The third kappa shape index (κ3) is 1.05. The van der Waals surface area contributed by atoms with Gasteiger partial charge in [0, 0.05) is 16.3 Å². The minimum Gasteiger partial charge on any atom is -0.456 e. The largest absolute Gasteiger partial charge is 0.456 e. The molecule has 15 heavy (non-hydrogen) atoms. The van der Waals surface area contributed by atoms with Gasteiger partial charge in [-0.05, 0) is 18.2 Å². The number of para-hydroxylation sites is 1. The predicted molar refractivity (Wildman–Crippen MR) is 61.7 cm³/mol. The van der Waals surface area contributed by atoms with Gasteiger partial charge in [0.05, 0.1) is 0 Å². The minimum atomic E-state index is 0.853. The number of hydrogen-bond acceptors (Lipinski definition) is 1. The first-order chi connectivity index (χ1) is 7.40. The van der Waals surface area contributed by atoms with Gasteiger partial charge in [-0.15, -0.1) is 6.42 Å². The van der Waals surface area contributed by atoms with E-state index in [4.69, 9.17) is 10.8 Å². The van der Waals surface area contributed by atoms with E-state index in [2.05, 4.69) is 5.92 Å². The summed E-state index contributed by atoms with van der Waals surface area (Å²) in [5.74, 6) is 2.69. The molecule has 0 saturated heterocycles. The Morgan fingerprint density at radius 1 is 0.933 bits per heavy atom. The molecule has 0 bridgehead atoms. The van der Waals surface area contributed by atoms with E-state index in [1.165, 1.54) is 0 Å². The zero-order valence-electron chi connectivity index (χ0n) is 8.03. The Bertz CT molecular complexity index is 683. The Labute approximate surface area is 87.3 Å². The molecule has 0 atom stereocenters. The smallest absolute Gasteiger partial charge is 0.136 e. The minimum absolute atomic E-state index is 0.853. The van der Waals surface area contributed by atoms with Gasteiger partial charge in [0.25, 0.3) is 0 Å². The second kappa shape index (κ2) is 2.90. The number of furan rings is 1. The average Bonchev–Trinajstić information content (AvgIpc) is 2.67. The summed E-state index contributed by atoms with van der Waals surface area (Å²) in [5.41, 5.74) is 2.62. The molecule has 1 heteroatoms. The third-order valence-corrected chi connectivity index (χ3v) is 2.56. The third-order valence-electron chi connectivity index (χ3n) is 2.56. The van der Waals surface area contributed by atoms with E-state index in [0.717, 1.165) is 27.5 Å². The molecule has 1 heterocycles. The van der Waals surface area contributed by atoms with Crippen LogP contribution in [0.15, 0.2) is 46.9 Å². The van der Waals surface area contributed by atoms with Crippen LogP contribution in [0.25, 0.3) is 21.9 Å². The summed E-state index contributed by atoms with van der Waals surface area (Å²) in [6.45, 7) is 0. The highest BCUT2D eigenvalue weighted by atomic mass is 16.3. The van der Waals surface area contributed by atoms with Gasteiger partial charge in [-0.1, -0.05) is 30.2 Å². The molecule has 1 nitrogen and oxygen atoms in total. The highest BCUT2D eigenvalue weighted by molar-refractivity contribution is 6.07. The molecule has 0 N–H and O–H groups in total. The molecule has 3 aromatic rings. The molecule has 0 aliphatic heterocycles. The topological polar surface area (TPSA) is 13.1 Å². The van der Waals surface area contributed by atoms with Crippen molar-refractivity contribution in [2.75, 3.05) is 0 Å². The fourth-order valence-electron chi connectivity index (χ4n) is 1.89. The molecule has 0 aliphatic rings. The van der Waals surface area contributed by atoms with E-state index in [1.54, 1.807) is 0 Å². The Balaban J connectivity index is 2.64. The van der Waals surface area contributed by atoms with Crippen LogP contribution < -0.4 is 0 Å². The zero-order chi connectivity index (χ0) is 10.3. The number of fused-ring (bicyclic) bond motifs is 3. The van der Waals surface area contributed by atoms with E-state index in [0.29, 0.717) is 0 Å². The zero-order valence-corrected chi connectivity index (χ0v) is 8.03. The van der Waals surface area contributed by atoms with Gasteiger partial charge in [0.1, 0.15) is 11.2 Å². The summed E-state index contributed by atoms with van der Waals surface area (Å²) in [6.07, 6.45) is 5.47. The van der Waals surface area contributed by atoms with Gasteiger partial charge in [-0.2, -0.15) is 0 Å². The molecule has 70 valence electrons. The van der Waals surface area contributed by atoms with Crippen molar-refractivity contribution in [3.8, 4) is 12.3 Å². The van der Waals surface area contributed by atoms with Gasteiger partial charge >= 0.3 is 0 Å². The number of rotatable bonds is 0. The van der Waals surface area contributed by atoms with Crippen LogP contribution in [0.4, 0.5) is 0 Å². The van der Waals surface area contributed by atoms with Crippen molar-refractivity contribution in [2.24, 2.45) is 0 Å². The van der Waals surface area contributed by atoms with Crippen LogP contribution in [-0.4, -0.2) is 0 Å². The molecule has 1 aromatic heterocycles. The first-order valence-electron chi connectivity index (χ1n) is 4.77. The Hall–Kier alpha value is -2.20. The maximum atomic E-state index is 5.70. The van der Waals surface area contributed by atoms with Gasteiger partial charge in [0.15, 0.2) is 0 Å². The maximum absolute atomic E-state index is 5.70. The Morgan fingerprint density at radius 2 is 1.73 bits per heavy atom. The number of terminal acetylenes is 1. The molecule has 0 aliphatic carbocycles. The van der Waals surface area contributed by atoms with Crippen LogP contribution in [0.3, 0.4) is 0 Å². The van der Waals surface area contributed by atoms with Crippen molar-refractivity contribution in [2.45, 2.75) is 0 Å². The average molecular weight is 192 g/mol. The summed E-state index contributed by atoms with van der Waals surface area (Å²) < 4.78 is 5.70. The van der Waals surface area contributed by atoms with E-state index in [1.807, 2.05) is 42.5 Å². The first kappa shape index (κ1) is 8.14. The maximum Gasteiger partial charge on any atom is 0.136 e. The summed E-state index contributed by atoms with van der Waals surface area (Å²) >= 11 is 0. The van der Waals surface area contributed by atoms with E-state index in [9.17, 15) is 0 Å². The van der Waals surface area contributed by atoms with Gasteiger partial charge in [0.2, 0.25) is 0 Å². The molecule has 0 saturated carbocycles. The molecule has 0 amide bonds. The van der Waals surface area contributed by atoms with Crippen molar-refractivity contribution in [1.29, 1.82) is 0 Å². The fourth-order valence-corrected chi connectivity index (χ4v) is 1.89. The first-order valence-corrected chi connectivity index (χ1v) is 4.77. The monoisotopic (exact) mass is 192 g/mol. The fraction of sp³-hybridized carbons (Fsp3) is 0. The van der Waals surface area contributed by atoms with E-state index >= 15 is 0 Å². The predicted octanol–water partition coefficient (Wildman–Crippen LogP) is 3.57. The van der Waals surface area contributed by atoms with Gasteiger partial charge in [-0.25, -0.2) is 0 Å². The molecular weight excluding hydrogens is 184 g/mol. The second-order valence-corrected chi connectivity index (χ2v) is 3.42. The quantitative estimate of drug-likeness (QED) is 0.496. The van der Waals surface area contributed by atoms with Crippen molar-refractivity contribution >= 4 is 21.9 Å². The van der Waals surface area contributed by atoms with Crippen LogP contribution in [0.1, 0.15) is 5.56 Å². The highest BCUT2D eigenvalue weighted by Gasteiger charge is 2.08. The van der Waals surface area contributed by atoms with Crippen molar-refractivity contribution < 1.29 is 4.42 Å². The number of hydrogen-bond donors (Lipinski definition) is 0.